The number of carboxylic acid groups (broad SMARTS) is 1. The quantitative estimate of drug-likeness (QED) is 0.780. The van der Waals surface area contributed by atoms with Crippen LogP contribution in [0.5, 0.6) is 0 Å². The van der Waals surface area contributed by atoms with Gasteiger partial charge in [0.05, 0.1) is 22.3 Å². The van der Waals surface area contributed by atoms with Crippen LogP contribution in [0.25, 0.3) is 22.4 Å². The zero-order valence-corrected chi connectivity index (χ0v) is 11.2. The first-order valence-corrected chi connectivity index (χ1v) is 6.21. The van der Waals surface area contributed by atoms with Crippen LogP contribution in [0.4, 0.5) is 0 Å². The van der Waals surface area contributed by atoms with Crippen LogP contribution in [0.1, 0.15) is 16.1 Å². The molecule has 0 bridgehead atoms. The Hall–Kier alpha value is -2.40. The van der Waals surface area contributed by atoms with Gasteiger partial charge in [0.25, 0.3) is 5.71 Å². The Balaban J connectivity index is 2.34. The van der Waals surface area contributed by atoms with Gasteiger partial charge in [-0.3, -0.25) is 0 Å². The lowest BCUT2D eigenvalue weighted by atomic mass is 10.1. The van der Waals surface area contributed by atoms with E-state index in [1.807, 2.05) is 0 Å². The van der Waals surface area contributed by atoms with Crippen LogP contribution in [0.3, 0.4) is 0 Å². The van der Waals surface area contributed by atoms with Crippen LogP contribution < -0.4 is 0 Å². The highest BCUT2D eigenvalue weighted by Gasteiger charge is 2.19. The lowest BCUT2D eigenvalue weighted by molar-refractivity contribution is 0.0699. The van der Waals surface area contributed by atoms with Crippen LogP contribution in [-0.4, -0.2) is 21.2 Å². The van der Waals surface area contributed by atoms with Crippen molar-refractivity contribution in [1.29, 1.82) is 0 Å². The minimum atomic E-state index is -1.06. The summed E-state index contributed by atoms with van der Waals surface area (Å²) < 4.78 is 5.07. The molecule has 0 unspecified atom stereocenters. The van der Waals surface area contributed by atoms with Crippen molar-refractivity contribution in [2.24, 2.45) is 0 Å². The highest BCUT2D eigenvalue weighted by atomic mass is 35.5. The minimum absolute atomic E-state index is 0.101. The van der Waals surface area contributed by atoms with Gasteiger partial charge in [-0.15, -0.1) is 0 Å². The number of rotatable bonds is 2. The molecule has 3 aromatic rings. The minimum Gasteiger partial charge on any atom is -0.478 e. The Kier molecular flexibility index (Phi) is 2.91. The van der Waals surface area contributed by atoms with Gasteiger partial charge >= 0.3 is 5.97 Å². The van der Waals surface area contributed by atoms with Crippen LogP contribution in [0.2, 0.25) is 5.02 Å². The molecular weight excluding hydrogens is 280 g/mol. The zero-order chi connectivity index (χ0) is 14.3. The topological polar surface area (TPSA) is 76.2 Å². The fraction of sp³-hybridized carbons (Fsp3) is 0.0714. The summed E-state index contributed by atoms with van der Waals surface area (Å²) in [7, 11) is 0. The number of aromatic carboxylic acids is 1. The average molecular weight is 289 g/mol. The van der Waals surface area contributed by atoms with Gasteiger partial charge in [0, 0.05) is 10.6 Å². The summed E-state index contributed by atoms with van der Waals surface area (Å²) in [5, 5.41) is 14.0. The second kappa shape index (κ2) is 4.61. The standard InChI is InChI=1S/C14H9ClN2O3/c1-7-12-9(14(18)19)6-11(16-13(12)20-17-7)8-4-2-3-5-10(8)15/h2-6H,1H3,(H,18,19). The first-order chi connectivity index (χ1) is 9.58. The van der Waals surface area contributed by atoms with Gasteiger partial charge in [-0.05, 0) is 19.1 Å². The van der Waals surface area contributed by atoms with Crippen molar-refractivity contribution in [3.8, 4) is 11.3 Å². The lowest BCUT2D eigenvalue weighted by Gasteiger charge is -2.05. The number of aromatic nitrogens is 2. The second-order valence-corrected chi connectivity index (χ2v) is 4.70. The summed E-state index contributed by atoms with van der Waals surface area (Å²) in [6, 6.07) is 8.57. The number of fused-ring (bicyclic) bond motifs is 1. The predicted molar refractivity (Wildman–Crippen MR) is 73.9 cm³/mol. The SMILES string of the molecule is Cc1noc2nc(-c3ccccc3Cl)cc(C(=O)O)c12. The molecule has 2 heterocycles. The highest BCUT2D eigenvalue weighted by Crippen LogP contribution is 2.30. The van der Waals surface area contributed by atoms with Crippen LogP contribution in [0, 0.1) is 6.92 Å². The number of halogens is 1. The zero-order valence-electron chi connectivity index (χ0n) is 10.4. The van der Waals surface area contributed by atoms with E-state index >= 15 is 0 Å². The molecule has 5 nitrogen and oxygen atoms in total. The number of pyridine rings is 1. The van der Waals surface area contributed by atoms with Gasteiger partial charge in [0.2, 0.25) is 0 Å². The number of aryl methyl sites for hydroxylation is 1. The van der Waals surface area contributed by atoms with Crippen molar-refractivity contribution in [3.63, 3.8) is 0 Å². The Bertz CT molecular complexity index is 826. The molecule has 3 rings (SSSR count). The highest BCUT2D eigenvalue weighted by molar-refractivity contribution is 6.33. The largest absolute Gasteiger partial charge is 0.478 e. The third-order valence-electron chi connectivity index (χ3n) is 3.00. The molecule has 0 aliphatic heterocycles. The molecule has 0 spiro atoms. The summed E-state index contributed by atoms with van der Waals surface area (Å²) in [6.45, 7) is 1.68. The summed E-state index contributed by atoms with van der Waals surface area (Å²) in [5.41, 5.74) is 1.88. The van der Waals surface area contributed by atoms with Crippen molar-refractivity contribution >= 4 is 28.7 Å². The summed E-state index contributed by atoms with van der Waals surface area (Å²) in [5.74, 6) is -1.06. The van der Waals surface area contributed by atoms with E-state index in [2.05, 4.69) is 10.1 Å². The molecule has 6 heteroatoms. The van der Waals surface area contributed by atoms with E-state index in [9.17, 15) is 9.90 Å². The molecular formula is C14H9ClN2O3. The number of benzene rings is 1. The lowest BCUT2D eigenvalue weighted by Crippen LogP contribution is -2.00. The third kappa shape index (κ3) is 1.92. The van der Waals surface area contributed by atoms with E-state index in [4.69, 9.17) is 16.1 Å². The molecule has 100 valence electrons. The molecule has 0 aliphatic rings. The van der Waals surface area contributed by atoms with Crippen molar-refractivity contribution in [2.45, 2.75) is 6.92 Å². The summed E-state index contributed by atoms with van der Waals surface area (Å²) in [4.78, 5) is 15.7. The van der Waals surface area contributed by atoms with Gasteiger partial charge in [0.15, 0.2) is 0 Å². The van der Waals surface area contributed by atoms with Crippen molar-refractivity contribution < 1.29 is 14.4 Å². The summed E-state index contributed by atoms with van der Waals surface area (Å²) in [6.07, 6.45) is 0. The van der Waals surface area contributed by atoms with Gasteiger partial charge in [-0.25, -0.2) is 9.78 Å². The molecule has 0 saturated heterocycles. The Labute approximate surface area is 118 Å². The number of carboxylic acids is 1. The number of hydrogen-bond donors (Lipinski definition) is 1. The predicted octanol–water partition coefficient (Wildman–Crippen LogP) is 3.55. The van der Waals surface area contributed by atoms with Crippen molar-refractivity contribution in [1.82, 2.24) is 10.1 Å². The molecule has 1 aromatic carbocycles. The molecule has 0 amide bonds. The Morgan fingerprint density at radius 1 is 1.35 bits per heavy atom. The molecule has 20 heavy (non-hydrogen) atoms. The maximum atomic E-state index is 11.4. The molecule has 2 aromatic heterocycles. The van der Waals surface area contributed by atoms with Crippen LogP contribution in [-0.2, 0) is 0 Å². The molecule has 0 aliphatic carbocycles. The first kappa shape index (κ1) is 12.6. The van der Waals surface area contributed by atoms with Crippen LogP contribution >= 0.6 is 11.6 Å². The Morgan fingerprint density at radius 2 is 2.10 bits per heavy atom. The van der Waals surface area contributed by atoms with E-state index in [0.29, 0.717) is 27.4 Å². The monoisotopic (exact) mass is 288 g/mol. The maximum Gasteiger partial charge on any atom is 0.336 e. The second-order valence-electron chi connectivity index (χ2n) is 4.29. The van der Waals surface area contributed by atoms with Gasteiger partial charge in [0.1, 0.15) is 0 Å². The fourth-order valence-electron chi connectivity index (χ4n) is 2.07. The number of nitrogens with zero attached hydrogens (tertiary/aromatic N) is 2. The van der Waals surface area contributed by atoms with E-state index in [1.54, 1.807) is 31.2 Å². The first-order valence-electron chi connectivity index (χ1n) is 5.83. The van der Waals surface area contributed by atoms with E-state index in [-0.39, 0.29) is 11.3 Å². The fourth-order valence-corrected chi connectivity index (χ4v) is 2.30. The van der Waals surface area contributed by atoms with E-state index < -0.39 is 5.97 Å². The Morgan fingerprint density at radius 3 is 2.80 bits per heavy atom. The molecule has 0 atom stereocenters. The van der Waals surface area contributed by atoms with Crippen molar-refractivity contribution in [2.75, 3.05) is 0 Å². The van der Waals surface area contributed by atoms with Gasteiger partial charge < -0.3 is 9.63 Å². The third-order valence-corrected chi connectivity index (χ3v) is 3.33. The number of carbonyl (C=O) groups is 1. The van der Waals surface area contributed by atoms with Crippen molar-refractivity contribution in [3.05, 3.63) is 46.6 Å². The molecule has 0 saturated carbocycles. The normalized spacial score (nSPS) is 10.9. The number of hydrogen-bond acceptors (Lipinski definition) is 4. The summed E-state index contributed by atoms with van der Waals surface area (Å²) >= 11 is 6.11. The van der Waals surface area contributed by atoms with Gasteiger partial charge in [-0.2, -0.15) is 0 Å². The van der Waals surface area contributed by atoms with E-state index in [0.717, 1.165) is 0 Å². The average Bonchev–Trinajstić information content (AvgIpc) is 2.80. The molecule has 0 fully saturated rings. The smallest absolute Gasteiger partial charge is 0.336 e. The van der Waals surface area contributed by atoms with E-state index in [1.165, 1.54) is 6.07 Å². The maximum absolute atomic E-state index is 11.4. The molecule has 1 N–H and O–H groups in total. The van der Waals surface area contributed by atoms with Crippen LogP contribution in [0.15, 0.2) is 34.9 Å². The van der Waals surface area contributed by atoms with Gasteiger partial charge in [-0.1, -0.05) is 35.0 Å². The molecule has 0 radical (unpaired) electrons.